The molecule has 1 saturated heterocycles. The van der Waals surface area contributed by atoms with Crippen LogP contribution in [-0.2, 0) is 4.74 Å². The highest BCUT2D eigenvalue weighted by atomic mass is 16.6. The Kier molecular flexibility index (Phi) is 4.28. The first-order valence-electron chi connectivity index (χ1n) is 4.46. The van der Waals surface area contributed by atoms with Gasteiger partial charge in [-0.25, -0.2) is 0 Å². The number of azide groups is 1. The van der Waals surface area contributed by atoms with Crippen molar-refractivity contribution in [3.63, 3.8) is 0 Å². The van der Waals surface area contributed by atoms with Gasteiger partial charge >= 0.3 is 0 Å². The van der Waals surface area contributed by atoms with E-state index in [9.17, 15) is 10.2 Å². The highest BCUT2D eigenvalue weighted by Crippen LogP contribution is 2.21. The Morgan fingerprint density at radius 2 is 1.80 bits per heavy atom. The van der Waals surface area contributed by atoms with Crippen molar-refractivity contribution in [2.75, 3.05) is 6.54 Å². The molecule has 8 heteroatoms. The van der Waals surface area contributed by atoms with Gasteiger partial charge in [-0.2, -0.15) is 0 Å². The molecule has 8 nitrogen and oxygen atoms in total. The van der Waals surface area contributed by atoms with E-state index in [0.717, 1.165) is 0 Å². The predicted octanol–water partition coefficient (Wildman–Crippen LogP) is -1.51. The molecule has 0 spiro atoms. The summed E-state index contributed by atoms with van der Waals surface area (Å²) in [5.74, 6) is 0. The highest BCUT2D eigenvalue weighted by Gasteiger charge is 2.42. The van der Waals surface area contributed by atoms with Crippen molar-refractivity contribution in [1.82, 2.24) is 0 Å². The summed E-state index contributed by atoms with van der Waals surface area (Å²) in [6, 6.07) is 0. The van der Waals surface area contributed by atoms with Crippen LogP contribution in [0.3, 0.4) is 0 Å². The Hall–Kier alpha value is -0.890. The first-order valence-corrected chi connectivity index (χ1v) is 4.46. The van der Waals surface area contributed by atoms with E-state index in [2.05, 4.69) is 10.0 Å². The average Bonchev–Trinajstić information content (AvgIpc) is 2.23. The van der Waals surface area contributed by atoms with Crippen molar-refractivity contribution in [2.45, 2.75) is 37.1 Å². The second-order valence-electron chi connectivity index (χ2n) is 3.28. The molecule has 1 rings (SSSR count). The van der Waals surface area contributed by atoms with Crippen LogP contribution in [-0.4, -0.2) is 57.7 Å². The molecule has 1 aliphatic rings. The van der Waals surface area contributed by atoms with Crippen LogP contribution in [0.15, 0.2) is 5.11 Å². The Morgan fingerprint density at radius 1 is 1.13 bits per heavy atom. The third-order valence-corrected chi connectivity index (χ3v) is 2.26. The minimum Gasteiger partial charge on any atom is -0.388 e. The smallest absolute Gasteiger partial charge is 0.183 e. The summed E-state index contributed by atoms with van der Waals surface area (Å²) < 4.78 is 4.84. The number of ether oxygens (including phenoxy) is 1. The molecule has 0 aromatic heterocycles. The molecule has 0 saturated carbocycles. The minimum absolute atomic E-state index is 0.0771. The summed E-state index contributed by atoms with van der Waals surface area (Å²) in [7, 11) is 0. The first kappa shape index (κ1) is 12.2. The van der Waals surface area contributed by atoms with E-state index in [0.29, 0.717) is 0 Å². The van der Waals surface area contributed by atoms with Gasteiger partial charge in [-0.3, -0.25) is 0 Å². The molecule has 0 radical (unpaired) electrons. The Labute approximate surface area is 85.3 Å². The summed E-state index contributed by atoms with van der Waals surface area (Å²) in [5, 5.41) is 40.3. The van der Waals surface area contributed by atoms with Crippen molar-refractivity contribution in [1.29, 1.82) is 0 Å². The molecule has 1 fully saturated rings. The largest absolute Gasteiger partial charge is 0.388 e. The minimum atomic E-state index is -1.54. The van der Waals surface area contributed by atoms with Crippen LogP contribution >= 0.6 is 0 Å². The predicted molar refractivity (Wildman–Crippen MR) is 47.5 cm³/mol. The van der Waals surface area contributed by atoms with Gasteiger partial charge in [-0.05, 0) is 12.0 Å². The lowest BCUT2D eigenvalue weighted by Crippen LogP contribution is -2.57. The molecular formula is C7H13N3O5. The van der Waals surface area contributed by atoms with Gasteiger partial charge in [0.2, 0.25) is 0 Å². The van der Waals surface area contributed by atoms with E-state index < -0.39 is 30.7 Å². The average molecular weight is 219 g/mol. The number of nitrogens with zero attached hydrogens (tertiary/aromatic N) is 3. The lowest BCUT2D eigenvalue weighted by Gasteiger charge is -2.38. The van der Waals surface area contributed by atoms with Crippen LogP contribution in [0.5, 0.6) is 0 Å². The second-order valence-corrected chi connectivity index (χ2v) is 3.28. The maximum Gasteiger partial charge on any atom is 0.183 e. The van der Waals surface area contributed by atoms with E-state index in [4.69, 9.17) is 20.5 Å². The molecule has 0 aliphatic carbocycles. The maximum absolute atomic E-state index is 9.44. The van der Waals surface area contributed by atoms with Gasteiger partial charge in [-0.15, -0.1) is 0 Å². The van der Waals surface area contributed by atoms with Crippen LogP contribution < -0.4 is 0 Å². The summed E-state index contributed by atoms with van der Waals surface area (Å²) in [4.78, 5) is 2.51. The molecule has 0 aromatic rings. The summed E-state index contributed by atoms with van der Waals surface area (Å²) in [6.07, 6.45) is -6.55. The molecule has 15 heavy (non-hydrogen) atoms. The van der Waals surface area contributed by atoms with Gasteiger partial charge in [-0.1, -0.05) is 5.11 Å². The second kappa shape index (κ2) is 5.26. The van der Waals surface area contributed by atoms with Gasteiger partial charge in [0.25, 0.3) is 0 Å². The lowest BCUT2D eigenvalue weighted by molar-refractivity contribution is -0.282. The highest BCUT2D eigenvalue weighted by molar-refractivity contribution is 4.88. The van der Waals surface area contributed by atoms with E-state index in [-0.39, 0.29) is 13.0 Å². The van der Waals surface area contributed by atoms with E-state index in [1.807, 2.05) is 0 Å². The number of aliphatic hydroxyl groups excluding tert-OH is 4. The maximum atomic E-state index is 9.44. The van der Waals surface area contributed by atoms with Gasteiger partial charge in [0, 0.05) is 11.5 Å². The van der Waals surface area contributed by atoms with Crippen LogP contribution in [0.2, 0.25) is 0 Å². The SMILES string of the molecule is [N-]=[N+]=NCC[C@H]1OC(O)[C@H](O)[C@@H](O)[C@H]1O. The van der Waals surface area contributed by atoms with Gasteiger partial charge in [0.15, 0.2) is 6.29 Å². The zero-order chi connectivity index (χ0) is 11.4. The fourth-order valence-electron chi connectivity index (χ4n) is 1.40. The molecule has 1 heterocycles. The van der Waals surface area contributed by atoms with E-state index >= 15 is 0 Å². The summed E-state index contributed by atoms with van der Waals surface area (Å²) in [5.41, 5.74) is 8.02. The lowest BCUT2D eigenvalue weighted by atomic mass is 9.97. The van der Waals surface area contributed by atoms with Crippen LogP contribution in [0.25, 0.3) is 10.4 Å². The van der Waals surface area contributed by atoms with Crippen molar-refractivity contribution >= 4 is 0 Å². The summed E-state index contributed by atoms with van der Waals surface area (Å²) in [6.45, 7) is 0.0771. The van der Waals surface area contributed by atoms with Crippen molar-refractivity contribution in [2.24, 2.45) is 5.11 Å². The Balaban J connectivity index is 2.54. The fraction of sp³-hybridized carbons (Fsp3) is 1.00. The van der Waals surface area contributed by atoms with Gasteiger partial charge in [0.1, 0.15) is 18.3 Å². The van der Waals surface area contributed by atoms with E-state index in [1.54, 1.807) is 0 Å². The Bertz CT molecular complexity index is 257. The number of hydrogen-bond donors (Lipinski definition) is 4. The molecular weight excluding hydrogens is 206 g/mol. The van der Waals surface area contributed by atoms with E-state index in [1.165, 1.54) is 0 Å². The topological polar surface area (TPSA) is 139 Å². The van der Waals surface area contributed by atoms with Gasteiger partial charge < -0.3 is 25.2 Å². The van der Waals surface area contributed by atoms with Crippen LogP contribution in [0.4, 0.5) is 0 Å². The molecule has 1 aliphatic heterocycles. The quantitative estimate of drug-likeness (QED) is 0.259. The zero-order valence-corrected chi connectivity index (χ0v) is 7.84. The number of aliphatic hydroxyl groups is 4. The standard InChI is InChI=1S/C7H13N3O5/c8-10-9-2-1-3-4(11)5(12)6(13)7(14)15-3/h3-7,11-14H,1-2H2/t3-,4+,5+,6-,7?/m1/s1. The van der Waals surface area contributed by atoms with Crippen molar-refractivity contribution in [3.05, 3.63) is 10.4 Å². The molecule has 0 amide bonds. The molecule has 0 bridgehead atoms. The van der Waals surface area contributed by atoms with Crippen molar-refractivity contribution in [3.8, 4) is 0 Å². The third kappa shape index (κ3) is 2.78. The van der Waals surface area contributed by atoms with Gasteiger partial charge in [0.05, 0.1) is 6.10 Å². The first-order chi connectivity index (χ1) is 7.07. The molecule has 0 aromatic carbocycles. The molecule has 1 unspecified atom stereocenters. The normalized spacial score (nSPS) is 40.9. The molecule has 86 valence electrons. The number of hydrogen-bond acceptors (Lipinski definition) is 6. The fourth-order valence-corrected chi connectivity index (χ4v) is 1.40. The van der Waals surface area contributed by atoms with Crippen LogP contribution in [0, 0.1) is 0 Å². The molecule has 5 atom stereocenters. The number of rotatable bonds is 3. The molecule has 4 N–H and O–H groups in total. The Morgan fingerprint density at radius 3 is 2.40 bits per heavy atom. The van der Waals surface area contributed by atoms with Crippen molar-refractivity contribution < 1.29 is 25.2 Å². The van der Waals surface area contributed by atoms with Crippen LogP contribution in [0.1, 0.15) is 6.42 Å². The monoisotopic (exact) mass is 219 g/mol. The summed E-state index contributed by atoms with van der Waals surface area (Å²) >= 11 is 0. The third-order valence-electron chi connectivity index (χ3n) is 2.26. The zero-order valence-electron chi connectivity index (χ0n) is 7.84.